The number of aromatic nitrogens is 1. The molecule has 1 aromatic heterocycles. The second-order valence-electron chi connectivity index (χ2n) is 9.15. The van der Waals surface area contributed by atoms with Gasteiger partial charge in [-0.05, 0) is 74.5 Å². The summed E-state index contributed by atoms with van der Waals surface area (Å²) in [6, 6.07) is 6.66. The number of fused-ring (bicyclic) bond motifs is 1. The van der Waals surface area contributed by atoms with Gasteiger partial charge >= 0.3 is 0 Å². The van der Waals surface area contributed by atoms with E-state index < -0.39 is 11.9 Å². The normalized spacial score (nSPS) is 22.4. The number of nitrogens with one attached hydrogen (secondary N) is 2. The molecule has 8 heteroatoms. The van der Waals surface area contributed by atoms with Gasteiger partial charge in [0.1, 0.15) is 11.9 Å². The van der Waals surface area contributed by atoms with Gasteiger partial charge in [-0.15, -0.1) is 0 Å². The number of nitrogens with zero attached hydrogens (tertiary/aromatic N) is 2. The number of hydrogen-bond acceptors (Lipinski definition) is 4. The number of H-pyrrole nitrogens is 1. The van der Waals surface area contributed by atoms with Crippen LogP contribution in [0.1, 0.15) is 64.5 Å². The Labute approximate surface area is 186 Å². The van der Waals surface area contributed by atoms with Crippen molar-refractivity contribution in [2.24, 2.45) is 0 Å². The van der Waals surface area contributed by atoms with E-state index in [4.69, 9.17) is 0 Å². The fraction of sp³-hybridized carbons (Fsp3) is 0.458. The van der Waals surface area contributed by atoms with Crippen LogP contribution in [0.2, 0.25) is 0 Å². The maximum absolute atomic E-state index is 15.0. The Kier molecular flexibility index (Phi) is 5.33. The Morgan fingerprint density at radius 1 is 1.09 bits per heavy atom. The lowest BCUT2D eigenvalue weighted by Gasteiger charge is -2.32. The standard InChI is InChI=1S/C24H27FN4O3/c1-14-2-3-17(26-14)13-28-8-6-15(7-9-28)18-10-16-12-29(24(32)19(16)11-20(18)25)21-4-5-22(30)27-23(21)31/h2-3,10-11,15,21,26H,4-9,12-13H2,1H3,(H,27,30,31). The van der Waals surface area contributed by atoms with Gasteiger partial charge in [0, 0.05) is 36.5 Å². The number of likely N-dealkylation sites (tertiary alicyclic amines) is 1. The van der Waals surface area contributed by atoms with Crippen LogP contribution in [0.3, 0.4) is 0 Å². The molecule has 7 nitrogen and oxygen atoms in total. The third-order valence-electron chi connectivity index (χ3n) is 6.95. The molecule has 1 atom stereocenters. The van der Waals surface area contributed by atoms with E-state index in [0.717, 1.165) is 43.7 Å². The van der Waals surface area contributed by atoms with Gasteiger partial charge in [0.05, 0.1) is 0 Å². The summed E-state index contributed by atoms with van der Waals surface area (Å²) in [6.07, 6.45) is 2.23. The molecule has 1 unspecified atom stereocenters. The van der Waals surface area contributed by atoms with Crippen LogP contribution < -0.4 is 5.32 Å². The first-order valence-electron chi connectivity index (χ1n) is 11.2. The number of carbonyl (C=O) groups is 3. The second kappa shape index (κ2) is 8.16. The summed E-state index contributed by atoms with van der Waals surface area (Å²) in [6.45, 7) is 4.96. The number of halogens is 1. The molecule has 3 amide bonds. The van der Waals surface area contributed by atoms with Crippen LogP contribution in [-0.2, 0) is 22.7 Å². The molecule has 5 rings (SSSR count). The maximum Gasteiger partial charge on any atom is 0.255 e. The molecule has 3 aliphatic rings. The van der Waals surface area contributed by atoms with Crippen molar-refractivity contribution in [3.63, 3.8) is 0 Å². The predicted octanol–water partition coefficient (Wildman–Crippen LogP) is 2.60. The zero-order valence-electron chi connectivity index (χ0n) is 18.1. The Morgan fingerprint density at radius 2 is 1.88 bits per heavy atom. The van der Waals surface area contributed by atoms with Crippen LogP contribution in [0.5, 0.6) is 0 Å². The monoisotopic (exact) mass is 438 g/mol. The molecule has 32 heavy (non-hydrogen) atoms. The highest BCUT2D eigenvalue weighted by Gasteiger charge is 2.40. The number of amides is 3. The molecule has 2 aromatic rings. The summed E-state index contributed by atoms with van der Waals surface area (Å²) in [5.74, 6) is -1.34. The van der Waals surface area contributed by atoms with Crippen molar-refractivity contribution in [3.8, 4) is 0 Å². The summed E-state index contributed by atoms with van der Waals surface area (Å²) in [4.78, 5) is 43.7. The van der Waals surface area contributed by atoms with E-state index in [1.807, 2.05) is 13.0 Å². The number of carbonyl (C=O) groups excluding carboxylic acids is 3. The lowest BCUT2D eigenvalue weighted by Crippen LogP contribution is -2.52. The van der Waals surface area contributed by atoms with Crippen molar-refractivity contribution in [1.82, 2.24) is 20.1 Å². The lowest BCUT2D eigenvalue weighted by atomic mass is 9.87. The number of piperidine rings is 2. The molecular weight excluding hydrogens is 411 g/mol. The van der Waals surface area contributed by atoms with Gasteiger partial charge in [-0.25, -0.2) is 4.39 Å². The third kappa shape index (κ3) is 3.83. The first-order chi connectivity index (χ1) is 15.4. The molecule has 0 saturated carbocycles. The molecule has 3 aliphatic heterocycles. The number of aromatic amines is 1. The Balaban J connectivity index is 1.27. The lowest BCUT2D eigenvalue weighted by molar-refractivity contribution is -0.136. The van der Waals surface area contributed by atoms with Gasteiger partial charge in [0.2, 0.25) is 11.8 Å². The summed E-state index contributed by atoms with van der Waals surface area (Å²) in [7, 11) is 0. The van der Waals surface area contributed by atoms with E-state index in [1.54, 1.807) is 0 Å². The topological polar surface area (TPSA) is 85.5 Å². The molecule has 0 radical (unpaired) electrons. The SMILES string of the molecule is Cc1ccc(CN2CCC(c3cc4c(cc3F)C(=O)N(C3CCC(=O)NC3=O)C4)CC2)[nH]1. The van der Waals surface area contributed by atoms with Crippen LogP contribution in [0, 0.1) is 12.7 Å². The quantitative estimate of drug-likeness (QED) is 0.719. The van der Waals surface area contributed by atoms with Gasteiger partial charge in [-0.3, -0.25) is 24.6 Å². The molecule has 2 N–H and O–H groups in total. The van der Waals surface area contributed by atoms with Crippen molar-refractivity contribution < 1.29 is 18.8 Å². The molecule has 0 aliphatic carbocycles. The smallest absolute Gasteiger partial charge is 0.255 e. The molecular formula is C24H27FN4O3. The van der Waals surface area contributed by atoms with E-state index in [1.165, 1.54) is 16.7 Å². The molecule has 1 aromatic carbocycles. The van der Waals surface area contributed by atoms with Crippen molar-refractivity contribution in [2.75, 3.05) is 13.1 Å². The first-order valence-corrected chi connectivity index (χ1v) is 11.2. The summed E-state index contributed by atoms with van der Waals surface area (Å²) >= 11 is 0. The minimum atomic E-state index is -0.682. The summed E-state index contributed by atoms with van der Waals surface area (Å²) in [5, 5.41) is 2.30. The Morgan fingerprint density at radius 3 is 2.56 bits per heavy atom. The zero-order chi connectivity index (χ0) is 22.4. The third-order valence-corrected chi connectivity index (χ3v) is 6.95. The number of aryl methyl sites for hydroxylation is 1. The summed E-state index contributed by atoms with van der Waals surface area (Å²) < 4.78 is 15.0. The van der Waals surface area contributed by atoms with E-state index >= 15 is 4.39 Å². The fourth-order valence-electron chi connectivity index (χ4n) is 5.22. The molecule has 2 saturated heterocycles. The minimum absolute atomic E-state index is 0.113. The number of benzene rings is 1. The predicted molar refractivity (Wildman–Crippen MR) is 115 cm³/mol. The average Bonchev–Trinajstić information content (AvgIpc) is 3.31. The molecule has 168 valence electrons. The van der Waals surface area contributed by atoms with E-state index in [2.05, 4.69) is 27.3 Å². The van der Waals surface area contributed by atoms with E-state index in [-0.39, 0.29) is 36.5 Å². The van der Waals surface area contributed by atoms with E-state index in [9.17, 15) is 14.4 Å². The van der Waals surface area contributed by atoms with Gasteiger partial charge in [-0.2, -0.15) is 0 Å². The minimum Gasteiger partial charge on any atom is -0.361 e. The molecule has 2 fully saturated rings. The van der Waals surface area contributed by atoms with Gasteiger partial charge < -0.3 is 9.88 Å². The van der Waals surface area contributed by atoms with Gasteiger partial charge in [0.25, 0.3) is 5.91 Å². The zero-order valence-corrected chi connectivity index (χ0v) is 18.1. The van der Waals surface area contributed by atoms with Crippen LogP contribution in [0.4, 0.5) is 4.39 Å². The maximum atomic E-state index is 15.0. The van der Waals surface area contributed by atoms with Crippen molar-refractivity contribution in [3.05, 3.63) is 58.2 Å². The number of hydrogen-bond donors (Lipinski definition) is 2. The van der Waals surface area contributed by atoms with Crippen LogP contribution in [0.25, 0.3) is 0 Å². The average molecular weight is 439 g/mol. The summed E-state index contributed by atoms with van der Waals surface area (Å²) in [5.41, 5.74) is 4.10. The van der Waals surface area contributed by atoms with E-state index in [0.29, 0.717) is 17.5 Å². The van der Waals surface area contributed by atoms with Crippen LogP contribution >= 0.6 is 0 Å². The molecule has 4 heterocycles. The second-order valence-corrected chi connectivity index (χ2v) is 9.15. The van der Waals surface area contributed by atoms with Crippen molar-refractivity contribution in [2.45, 2.75) is 57.7 Å². The number of imide groups is 1. The highest BCUT2D eigenvalue weighted by molar-refractivity contribution is 6.05. The van der Waals surface area contributed by atoms with Crippen molar-refractivity contribution >= 4 is 17.7 Å². The Hall–Kier alpha value is -3.00. The molecule has 0 spiro atoms. The van der Waals surface area contributed by atoms with Crippen LogP contribution in [0.15, 0.2) is 24.3 Å². The Bertz CT molecular complexity index is 1090. The first kappa shape index (κ1) is 20.9. The largest absolute Gasteiger partial charge is 0.361 e. The van der Waals surface area contributed by atoms with Crippen LogP contribution in [-0.4, -0.2) is 51.6 Å². The van der Waals surface area contributed by atoms with Gasteiger partial charge in [-0.1, -0.05) is 6.07 Å². The van der Waals surface area contributed by atoms with Crippen molar-refractivity contribution in [1.29, 1.82) is 0 Å². The van der Waals surface area contributed by atoms with Gasteiger partial charge in [0.15, 0.2) is 0 Å². The molecule has 0 bridgehead atoms. The highest BCUT2D eigenvalue weighted by atomic mass is 19.1. The highest BCUT2D eigenvalue weighted by Crippen LogP contribution is 2.35. The fourth-order valence-corrected chi connectivity index (χ4v) is 5.22. The number of rotatable bonds is 4.